The maximum absolute atomic E-state index is 12.3. The largest absolute Gasteiger partial charge is 0.444 e. The smallest absolute Gasteiger partial charge is 0.410 e. The molecule has 0 aliphatic carbocycles. The minimum absolute atomic E-state index is 0.0568. The minimum Gasteiger partial charge on any atom is -0.444 e. The lowest BCUT2D eigenvalue weighted by Gasteiger charge is -2.34. The van der Waals surface area contributed by atoms with Crippen LogP contribution in [0.5, 0.6) is 0 Å². The van der Waals surface area contributed by atoms with Crippen LogP contribution in [0.3, 0.4) is 0 Å². The van der Waals surface area contributed by atoms with Gasteiger partial charge < -0.3 is 19.6 Å². The van der Waals surface area contributed by atoms with Gasteiger partial charge in [-0.25, -0.2) is 4.79 Å². The molecule has 0 radical (unpaired) electrons. The van der Waals surface area contributed by atoms with E-state index in [0.29, 0.717) is 13.1 Å². The molecule has 0 bridgehead atoms. The summed E-state index contributed by atoms with van der Waals surface area (Å²) in [6, 6.07) is 0. The molecule has 0 unspecified atom stereocenters. The van der Waals surface area contributed by atoms with E-state index in [-0.39, 0.29) is 24.3 Å². The Bertz CT molecular complexity index is 387. The summed E-state index contributed by atoms with van der Waals surface area (Å²) in [4.78, 5) is 27.7. The molecule has 2 aliphatic rings. The van der Waals surface area contributed by atoms with Gasteiger partial charge in [0.05, 0.1) is 5.92 Å². The van der Waals surface area contributed by atoms with Gasteiger partial charge in [-0.1, -0.05) is 0 Å². The summed E-state index contributed by atoms with van der Waals surface area (Å²) in [7, 11) is 0. The maximum Gasteiger partial charge on any atom is 0.410 e. The fourth-order valence-electron chi connectivity index (χ4n) is 2.58. The van der Waals surface area contributed by atoms with Gasteiger partial charge in [-0.15, -0.1) is 0 Å². The lowest BCUT2D eigenvalue weighted by molar-refractivity contribution is -0.140. The first-order chi connectivity index (χ1) is 9.31. The number of carbonyl (C=O) groups excluding carboxylic acids is 2. The van der Waals surface area contributed by atoms with Crippen molar-refractivity contribution in [3.63, 3.8) is 0 Å². The summed E-state index contributed by atoms with van der Waals surface area (Å²) in [5, 5.41) is 9.44. The van der Waals surface area contributed by atoms with Crippen LogP contribution in [-0.4, -0.2) is 65.3 Å². The summed E-state index contributed by atoms with van der Waals surface area (Å²) in [5.74, 6) is -0.426. The van der Waals surface area contributed by atoms with Crippen LogP contribution < -0.4 is 0 Å². The molecule has 1 N–H and O–H groups in total. The van der Waals surface area contributed by atoms with Crippen molar-refractivity contribution in [2.45, 2.75) is 32.8 Å². The van der Waals surface area contributed by atoms with Gasteiger partial charge in [0.2, 0.25) is 5.91 Å². The first kappa shape index (κ1) is 15.1. The van der Waals surface area contributed by atoms with E-state index in [1.165, 1.54) is 4.90 Å². The second-order valence-corrected chi connectivity index (χ2v) is 6.61. The van der Waals surface area contributed by atoms with Crippen LogP contribution in [0, 0.1) is 11.8 Å². The van der Waals surface area contributed by atoms with Crippen LogP contribution >= 0.6 is 0 Å². The Morgan fingerprint density at radius 1 is 1.20 bits per heavy atom. The Morgan fingerprint density at radius 2 is 1.85 bits per heavy atom. The predicted molar refractivity (Wildman–Crippen MR) is 73.1 cm³/mol. The molecule has 2 heterocycles. The van der Waals surface area contributed by atoms with Crippen molar-refractivity contribution in [1.82, 2.24) is 9.80 Å². The van der Waals surface area contributed by atoms with E-state index in [0.717, 1.165) is 19.5 Å². The van der Waals surface area contributed by atoms with Gasteiger partial charge in [0, 0.05) is 38.7 Å². The Balaban J connectivity index is 1.98. The standard InChI is InChI=1S/C14H24N2O4/c1-14(2,3)20-13(19)16-7-10(9-17)11(8-16)12(18)15-5-4-6-15/h10-11,17H,4-9H2,1-3H3/t10-,11+/m1/s1. The third-order valence-electron chi connectivity index (χ3n) is 3.81. The highest BCUT2D eigenvalue weighted by atomic mass is 16.6. The van der Waals surface area contributed by atoms with Crippen molar-refractivity contribution in [2.24, 2.45) is 11.8 Å². The number of ether oxygens (including phenoxy) is 1. The maximum atomic E-state index is 12.3. The highest BCUT2D eigenvalue weighted by molar-refractivity contribution is 5.81. The zero-order valence-corrected chi connectivity index (χ0v) is 12.5. The normalized spacial score (nSPS) is 26.4. The Hall–Kier alpha value is -1.30. The fraction of sp³-hybridized carbons (Fsp3) is 0.857. The Kier molecular flexibility index (Phi) is 4.22. The predicted octanol–water partition coefficient (Wildman–Crippen LogP) is 0.694. The van der Waals surface area contributed by atoms with Crippen molar-refractivity contribution >= 4 is 12.0 Å². The van der Waals surface area contributed by atoms with E-state index < -0.39 is 11.7 Å². The van der Waals surface area contributed by atoms with Crippen LogP contribution in [-0.2, 0) is 9.53 Å². The van der Waals surface area contributed by atoms with E-state index in [1.807, 2.05) is 20.8 Å². The molecular formula is C14H24N2O4. The number of hydrogen-bond acceptors (Lipinski definition) is 4. The lowest BCUT2D eigenvalue weighted by Crippen LogP contribution is -2.47. The third-order valence-corrected chi connectivity index (χ3v) is 3.81. The first-order valence-corrected chi connectivity index (χ1v) is 7.19. The van der Waals surface area contributed by atoms with Crippen LogP contribution in [0.4, 0.5) is 4.79 Å². The topological polar surface area (TPSA) is 70.1 Å². The number of rotatable bonds is 2. The number of hydrogen-bond donors (Lipinski definition) is 1. The molecule has 0 spiro atoms. The van der Waals surface area contributed by atoms with E-state index in [4.69, 9.17) is 4.74 Å². The molecule has 20 heavy (non-hydrogen) atoms. The molecule has 2 fully saturated rings. The summed E-state index contributed by atoms with van der Waals surface area (Å²) >= 11 is 0. The molecule has 0 aromatic carbocycles. The second kappa shape index (κ2) is 5.60. The van der Waals surface area contributed by atoms with Crippen molar-refractivity contribution in [2.75, 3.05) is 32.8 Å². The Morgan fingerprint density at radius 3 is 2.30 bits per heavy atom. The van der Waals surface area contributed by atoms with E-state index in [1.54, 1.807) is 4.90 Å². The molecule has 0 saturated carbocycles. The molecule has 6 heteroatoms. The van der Waals surface area contributed by atoms with Gasteiger partial charge in [-0.2, -0.15) is 0 Å². The zero-order chi connectivity index (χ0) is 14.9. The summed E-state index contributed by atoms with van der Waals surface area (Å²) in [6.07, 6.45) is 0.632. The number of nitrogens with zero attached hydrogens (tertiary/aromatic N) is 2. The van der Waals surface area contributed by atoms with E-state index in [2.05, 4.69) is 0 Å². The van der Waals surface area contributed by atoms with Crippen LogP contribution in [0.1, 0.15) is 27.2 Å². The van der Waals surface area contributed by atoms with Crippen LogP contribution in [0.15, 0.2) is 0 Å². The number of likely N-dealkylation sites (tertiary alicyclic amines) is 2. The monoisotopic (exact) mass is 284 g/mol. The average molecular weight is 284 g/mol. The number of aliphatic hydroxyl groups excluding tert-OH is 1. The van der Waals surface area contributed by atoms with Gasteiger partial charge in [-0.05, 0) is 27.2 Å². The molecule has 2 saturated heterocycles. The van der Waals surface area contributed by atoms with Crippen molar-refractivity contribution in [3.8, 4) is 0 Å². The highest BCUT2D eigenvalue weighted by Crippen LogP contribution is 2.28. The number of amides is 2. The van der Waals surface area contributed by atoms with Crippen molar-refractivity contribution < 1.29 is 19.4 Å². The number of aliphatic hydroxyl groups is 1. The molecule has 114 valence electrons. The summed E-state index contributed by atoms with van der Waals surface area (Å²) in [5.41, 5.74) is -0.550. The number of carbonyl (C=O) groups is 2. The Labute approximate surface area is 119 Å². The van der Waals surface area contributed by atoms with Crippen LogP contribution in [0.2, 0.25) is 0 Å². The molecule has 2 amide bonds. The van der Waals surface area contributed by atoms with Gasteiger partial charge in [0.25, 0.3) is 0 Å². The summed E-state index contributed by atoms with van der Waals surface area (Å²) < 4.78 is 5.32. The van der Waals surface area contributed by atoms with Gasteiger partial charge in [0.1, 0.15) is 5.60 Å². The molecule has 0 aromatic heterocycles. The molecule has 2 atom stereocenters. The minimum atomic E-state index is -0.550. The molecule has 2 aliphatic heterocycles. The zero-order valence-electron chi connectivity index (χ0n) is 12.5. The fourth-order valence-corrected chi connectivity index (χ4v) is 2.58. The molecule has 0 aromatic rings. The SMILES string of the molecule is CC(C)(C)OC(=O)N1C[C@H](CO)[C@@H](C(=O)N2CCC2)C1. The lowest BCUT2D eigenvalue weighted by atomic mass is 9.94. The molecule has 6 nitrogen and oxygen atoms in total. The van der Waals surface area contributed by atoms with Gasteiger partial charge in [-0.3, -0.25) is 4.79 Å². The second-order valence-electron chi connectivity index (χ2n) is 6.61. The first-order valence-electron chi connectivity index (χ1n) is 7.19. The molecular weight excluding hydrogens is 260 g/mol. The quantitative estimate of drug-likeness (QED) is 0.810. The van der Waals surface area contributed by atoms with Gasteiger partial charge >= 0.3 is 6.09 Å². The molecule has 2 rings (SSSR count). The van der Waals surface area contributed by atoms with Crippen molar-refractivity contribution in [3.05, 3.63) is 0 Å². The summed E-state index contributed by atoms with van der Waals surface area (Å²) in [6.45, 7) is 7.67. The third kappa shape index (κ3) is 3.23. The van der Waals surface area contributed by atoms with Crippen molar-refractivity contribution in [1.29, 1.82) is 0 Å². The van der Waals surface area contributed by atoms with E-state index >= 15 is 0 Å². The highest BCUT2D eigenvalue weighted by Gasteiger charge is 2.42. The van der Waals surface area contributed by atoms with E-state index in [9.17, 15) is 14.7 Å². The average Bonchev–Trinajstić information content (AvgIpc) is 2.67. The van der Waals surface area contributed by atoms with Gasteiger partial charge in [0.15, 0.2) is 0 Å². The van der Waals surface area contributed by atoms with Crippen LogP contribution in [0.25, 0.3) is 0 Å².